The van der Waals surface area contributed by atoms with Crippen molar-refractivity contribution in [2.75, 3.05) is 13.1 Å². The van der Waals surface area contributed by atoms with Crippen molar-refractivity contribution in [1.82, 2.24) is 10.2 Å². The Hall–Kier alpha value is -0.0800. The molecule has 0 radical (unpaired) electrons. The zero-order valence-electron chi connectivity index (χ0n) is 14.2. The van der Waals surface area contributed by atoms with E-state index in [-0.39, 0.29) is 0 Å². The lowest BCUT2D eigenvalue weighted by Gasteiger charge is -2.34. The van der Waals surface area contributed by atoms with E-state index in [0.29, 0.717) is 0 Å². The lowest BCUT2D eigenvalue weighted by atomic mass is 9.85. The average molecular weight is 280 g/mol. The Bertz CT molecular complexity index is 259. The van der Waals surface area contributed by atoms with E-state index in [1.807, 2.05) is 0 Å². The lowest BCUT2D eigenvalue weighted by molar-refractivity contribution is 0.151. The zero-order chi connectivity index (χ0) is 14.5. The first-order chi connectivity index (χ1) is 9.63. The molecule has 2 fully saturated rings. The van der Waals surface area contributed by atoms with E-state index in [1.54, 1.807) is 0 Å². The molecule has 0 amide bonds. The van der Waals surface area contributed by atoms with Crippen molar-refractivity contribution in [3.63, 3.8) is 0 Å². The molecule has 0 aromatic carbocycles. The van der Waals surface area contributed by atoms with E-state index >= 15 is 0 Å². The van der Waals surface area contributed by atoms with Gasteiger partial charge in [0.25, 0.3) is 0 Å². The Morgan fingerprint density at radius 3 is 2.40 bits per heavy atom. The van der Waals surface area contributed by atoms with Crippen LogP contribution in [0.2, 0.25) is 0 Å². The summed E-state index contributed by atoms with van der Waals surface area (Å²) in [5.41, 5.74) is 0. The van der Waals surface area contributed by atoms with Gasteiger partial charge < -0.3 is 5.32 Å². The molecule has 2 rings (SSSR count). The molecule has 2 nitrogen and oxygen atoms in total. The van der Waals surface area contributed by atoms with Crippen molar-refractivity contribution in [2.45, 2.75) is 90.8 Å². The Labute approximate surface area is 126 Å². The molecule has 1 heterocycles. The van der Waals surface area contributed by atoms with E-state index in [9.17, 15) is 0 Å². The Morgan fingerprint density at radius 2 is 1.80 bits per heavy atom. The summed E-state index contributed by atoms with van der Waals surface area (Å²) >= 11 is 0. The molecule has 1 saturated carbocycles. The SMILES string of the molecule is CCC(CC)N(CC(C)C)CC1CC2CCCCC2N1. The van der Waals surface area contributed by atoms with Gasteiger partial charge in [0.2, 0.25) is 0 Å². The summed E-state index contributed by atoms with van der Waals surface area (Å²) in [5.74, 6) is 1.76. The van der Waals surface area contributed by atoms with Crippen molar-refractivity contribution in [1.29, 1.82) is 0 Å². The molecule has 1 saturated heterocycles. The van der Waals surface area contributed by atoms with Gasteiger partial charge in [0, 0.05) is 31.2 Å². The van der Waals surface area contributed by atoms with Gasteiger partial charge in [0.1, 0.15) is 0 Å². The van der Waals surface area contributed by atoms with Crippen molar-refractivity contribution >= 4 is 0 Å². The van der Waals surface area contributed by atoms with Gasteiger partial charge in [-0.15, -0.1) is 0 Å². The first-order valence-electron chi connectivity index (χ1n) is 9.14. The smallest absolute Gasteiger partial charge is 0.0201 e. The van der Waals surface area contributed by atoms with Crippen LogP contribution < -0.4 is 5.32 Å². The monoisotopic (exact) mass is 280 g/mol. The van der Waals surface area contributed by atoms with Gasteiger partial charge >= 0.3 is 0 Å². The molecule has 3 atom stereocenters. The summed E-state index contributed by atoms with van der Waals surface area (Å²) in [6, 6.07) is 2.38. The summed E-state index contributed by atoms with van der Waals surface area (Å²) in [4.78, 5) is 2.78. The first kappa shape index (κ1) is 16.3. The molecule has 0 spiro atoms. The minimum Gasteiger partial charge on any atom is -0.310 e. The van der Waals surface area contributed by atoms with Crippen molar-refractivity contribution < 1.29 is 0 Å². The topological polar surface area (TPSA) is 15.3 Å². The molecule has 20 heavy (non-hydrogen) atoms. The number of fused-ring (bicyclic) bond motifs is 1. The predicted octanol–water partition coefficient (Wildman–Crippen LogP) is 4.05. The van der Waals surface area contributed by atoms with Gasteiger partial charge in [0.05, 0.1) is 0 Å². The van der Waals surface area contributed by atoms with Crippen LogP contribution in [-0.2, 0) is 0 Å². The highest BCUT2D eigenvalue weighted by atomic mass is 15.2. The van der Waals surface area contributed by atoms with E-state index in [1.165, 1.54) is 58.0 Å². The average Bonchev–Trinajstić information content (AvgIpc) is 2.81. The fourth-order valence-electron chi connectivity index (χ4n) is 4.50. The largest absolute Gasteiger partial charge is 0.310 e. The van der Waals surface area contributed by atoms with Crippen LogP contribution in [0, 0.1) is 11.8 Å². The molecule has 2 heteroatoms. The maximum Gasteiger partial charge on any atom is 0.0201 e. The van der Waals surface area contributed by atoms with Crippen molar-refractivity contribution in [3.05, 3.63) is 0 Å². The van der Waals surface area contributed by atoms with Crippen LogP contribution in [0.25, 0.3) is 0 Å². The van der Waals surface area contributed by atoms with Crippen LogP contribution in [0.4, 0.5) is 0 Å². The van der Waals surface area contributed by atoms with Gasteiger partial charge in [-0.2, -0.15) is 0 Å². The molecular weight excluding hydrogens is 244 g/mol. The van der Waals surface area contributed by atoms with Crippen LogP contribution in [-0.4, -0.2) is 36.1 Å². The van der Waals surface area contributed by atoms with E-state index in [2.05, 4.69) is 37.9 Å². The van der Waals surface area contributed by atoms with Crippen LogP contribution >= 0.6 is 0 Å². The minimum absolute atomic E-state index is 0.752. The maximum absolute atomic E-state index is 3.96. The summed E-state index contributed by atoms with van der Waals surface area (Å²) < 4.78 is 0. The molecule has 2 aliphatic rings. The second kappa shape index (κ2) is 7.79. The van der Waals surface area contributed by atoms with Gasteiger partial charge in [-0.1, -0.05) is 40.5 Å². The van der Waals surface area contributed by atoms with Crippen molar-refractivity contribution in [2.24, 2.45) is 11.8 Å². The highest BCUT2D eigenvalue weighted by Crippen LogP contribution is 2.33. The Kier molecular flexibility index (Phi) is 6.35. The van der Waals surface area contributed by atoms with Gasteiger partial charge in [0.15, 0.2) is 0 Å². The second-order valence-corrected chi connectivity index (χ2v) is 7.57. The van der Waals surface area contributed by atoms with E-state index < -0.39 is 0 Å². The quantitative estimate of drug-likeness (QED) is 0.757. The Balaban J connectivity index is 1.90. The third-order valence-corrected chi connectivity index (χ3v) is 5.46. The molecule has 118 valence electrons. The summed E-state index contributed by atoms with van der Waals surface area (Å²) in [6.07, 6.45) is 9.84. The molecule has 0 bridgehead atoms. The summed E-state index contributed by atoms with van der Waals surface area (Å²) in [7, 11) is 0. The molecule has 1 aliphatic heterocycles. The standard InChI is InChI=1S/C18H36N2/c1-5-17(6-2)20(12-14(3)4)13-16-11-15-9-7-8-10-18(15)19-16/h14-19H,5-13H2,1-4H3. The molecule has 3 unspecified atom stereocenters. The molecule has 1 N–H and O–H groups in total. The normalized spacial score (nSPS) is 30.4. The number of nitrogens with one attached hydrogen (secondary N) is 1. The molecule has 0 aromatic heterocycles. The fourth-order valence-corrected chi connectivity index (χ4v) is 4.50. The zero-order valence-corrected chi connectivity index (χ0v) is 14.2. The van der Waals surface area contributed by atoms with Crippen LogP contribution in [0.3, 0.4) is 0 Å². The summed E-state index contributed by atoms with van der Waals surface area (Å²) in [6.45, 7) is 12.0. The molecular formula is C18H36N2. The first-order valence-corrected chi connectivity index (χ1v) is 9.14. The van der Waals surface area contributed by atoms with Crippen LogP contribution in [0.15, 0.2) is 0 Å². The molecule has 0 aromatic rings. The number of nitrogens with zero attached hydrogens (tertiary/aromatic N) is 1. The van der Waals surface area contributed by atoms with E-state index in [4.69, 9.17) is 0 Å². The third kappa shape index (κ3) is 4.21. The number of hydrogen-bond donors (Lipinski definition) is 1. The number of hydrogen-bond acceptors (Lipinski definition) is 2. The second-order valence-electron chi connectivity index (χ2n) is 7.57. The fraction of sp³-hybridized carbons (Fsp3) is 1.00. The number of rotatable bonds is 7. The minimum atomic E-state index is 0.752. The third-order valence-electron chi connectivity index (χ3n) is 5.46. The Morgan fingerprint density at radius 1 is 1.10 bits per heavy atom. The van der Waals surface area contributed by atoms with E-state index in [0.717, 1.165) is 30.0 Å². The maximum atomic E-state index is 3.96. The van der Waals surface area contributed by atoms with Crippen molar-refractivity contribution in [3.8, 4) is 0 Å². The molecule has 1 aliphatic carbocycles. The lowest BCUT2D eigenvalue weighted by Crippen LogP contribution is -2.45. The highest BCUT2D eigenvalue weighted by molar-refractivity contribution is 4.94. The van der Waals surface area contributed by atoms with Gasteiger partial charge in [-0.3, -0.25) is 4.90 Å². The predicted molar refractivity (Wildman–Crippen MR) is 88.1 cm³/mol. The van der Waals surface area contributed by atoms with Crippen LogP contribution in [0.1, 0.15) is 72.6 Å². The van der Waals surface area contributed by atoms with Crippen LogP contribution in [0.5, 0.6) is 0 Å². The highest BCUT2D eigenvalue weighted by Gasteiger charge is 2.36. The van der Waals surface area contributed by atoms with Gasteiger partial charge in [-0.25, -0.2) is 0 Å². The summed E-state index contributed by atoms with van der Waals surface area (Å²) in [5, 5.41) is 3.96. The van der Waals surface area contributed by atoms with Gasteiger partial charge in [-0.05, 0) is 43.9 Å².